The number of carbonyl (C=O) groups excluding carboxylic acids is 1. The molecule has 0 aliphatic heterocycles. The van der Waals surface area contributed by atoms with Crippen molar-refractivity contribution in [3.05, 3.63) is 68.5 Å². The van der Waals surface area contributed by atoms with Crippen LogP contribution in [0.5, 0.6) is 11.5 Å². The summed E-state index contributed by atoms with van der Waals surface area (Å²) in [4.78, 5) is 39.4. The molecule has 1 N–H and O–H groups in total. The van der Waals surface area contributed by atoms with Crippen LogP contribution in [0.4, 0.5) is 11.4 Å². The highest BCUT2D eigenvalue weighted by atomic mass is 16.5. The maximum atomic E-state index is 12.9. The first kappa shape index (κ1) is 26.8. The van der Waals surface area contributed by atoms with E-state index in [1.54, 1.807) is 14.2 Å². The number of carbonyl (C=O) groups is 1. The number of nitrogens with zero attached hydrogens (tertiary/aromatic N) is 1. The molecule has 0 aromatic heterocycles. The maximum Gasteiger partial charge on any atom is 0.328 e. The van der Waals surface area contributed by atoms with E-state index in [4.69, 9.17) is 14.2 Å². The molecule has 0 aliphatic carbocycles. The van der Waals surface area contributed by atoms with Crippen molar-refractivity contribution < 1.29 is 19.0 Å². The van der Waals surface area contributed by atoms with Gasteiger partial charge in [-0.25, -0.2) is 4.79 Å². The average Bonchev–Trinajstić information content (AvgIpc) is 2.92. The lowest BCUT2D eigenvalue weighted by atomic mass is 9.99. The number of hydrogen-bond acceptors (Lipinski definition) is 8. The third-order valence-electron chi connectivity index (χ3n) is 6.13. The standard InChI is InChI=1S/C28H34N2O6/c1-6-16-36-28(33)20(29-24-25(27(32)26(24)31)30(7-2)8-3)17-18-12-14-19(15-13-18)23-21(34-4)10-9-11-22(23)35-5/h9-15,20,29H,6-8,16-17H2,1-5H3. The molecule has 36 heavy (non-hydrogen) atoms. The minimum absolute atomic E-state index is 0.178. The van der Waals surface area contributed by atoms with E-state index in [-0.39, 0.29) is 18.7 Å². The maximum absolute atomic E-state index is 12.9. The zero-order valence-electron chi connectivity index (χ0n) is 21.6. The van der Waals surface area contributed by atoms with Crippen molar-refractivity contribution in [2.24, 2.45) is 0 Å². The van der Waals surface area contributed by atoms with Gasteiger partial charge >= 0.3 is 5.97 Å². The summed E-state index contributed by atoms with van der Waals surface area (Å²) in [7, 11) is 3.22. The largest absolute Gasteiger partial charge is 0.496 e. The Kier molecular flexibility index (Phi) is 9.11. The summed E-state index contributed by atoms with van der Waals surface area (Å²) < 4.78 is 16.4. The van der Waals surface area contributed by atoms with Gasteiger partial charge < -0.3 is 24.4 Å². The van der Waals surface area contributed by atoms with Gasteiger partial charge in [-0.05, 0) is 43.5 Å². The molecule has 0 heterocycles. The van der Waals surface area contributed by atoms with Gasteiger partial charge in [0.15, 0.2) is 0 Å². The molecular weight excluding hydrogens is 460 g/mol. The first-order valence-corrected chi connectivity index (χ1v) is 12.2. The second-order valence-corrected chi connectivity index (χ2v) is 8.36. The number of hydrogen-bond donors (Lipinski definition) is 1. The molecular formula is C28H34N2O6. The van der Waals surface area contributed by atoms with Gasteiger partial charge in [-0.1, -0.05) is 37.3 Å². The molecule has 1 unspecified atom stereocenters. The molecule has 3 aromatic rings. The van der Waals surface area contributed by atoms with Crippen molar-refractivity contribution in [3.63, 3.8) is 0 Å². The fraction of sp³-hybridized carbons (Fsp3) is 0.393. The van der Waals surface area contributed by atoms with Crippen molar-refractivity contribution in [3.8, 4) is 22.6 Å². The Morgan fingerprint density at radius 3 is 2.06 bits per heavy atom. The van der Waals surface area contributed by atoms with Gasteiger partial charge in [0.25, 0.3) is 10.9 Å². The van der Waals surface area contributed by atoms with E-state index in [0.717, 1.165) is 16.7 Å². The molecule has 1 atom stereocenters. The van der Waals surface area contributed by atoms with Crippen LogP contribution < -0.4 is 30.5 Å². The van der Waals surface area contributed by atoms with Crippen molar-refractivity contribution in [1.29, 1.82) is 0 Å². The molecule has 0 radical (unpaired) electrons. The Morgan fingerprint density at radius 2 is 1.53 bits per heavy atom. The summed E-state index contributed by atoms with van der Waals surface area (Å²) in [6.45, 7) is 7.17. The lowest BCUT2D eigenvalue weighted by Gasteiger charge is -2.27. The van der Waals surface area contributed by atoms with Crippen LogP contribution in [0.1, 0.15) is 32.8 Å². The monoisotopic (exact) mass is 494 g/mol. The van der Waals surface area contributed by atoms with Gasteiger partial charge in [-0.3, -0.25) is 9.59 Å². The molecule has 192 valence electrons. The zero-order chi connectivity index (χ0) is 26.2. The van der Waals surface area contributed by atoms with E-state index in [1.807, 2.05) is 68.1 Å². The number of benzene rings is 2. The van der Waals surface area contributed by atoms with Gasteiger partial charge in [0.05, 0.1) is 26.4 Å². The second-order valence-electron chi connectivity index (χ2n) is 8.36. The minimum atomic E-state index is -0.819. The quantitative estimate of drug-likeness (QED) is 0.283. The molecule has 0 fully saturated rings. The summed E-state index contributed by atoms with van der Waals surface area (Å²) in [5, 5.41) is 3.03. The Bertz CT molecular complexity index is 1220. The molecule has 0 spiro atoms. The summed E-state index contributed by atoms with van der Waals surface area (Å²) in [6.07, 6.45) is 0.959. The molecule has 0 aliphatic rings. The lowest BCUT2D eigenvalue weighted by Crippen LogP contribution is -2.46. The number of anilines is 2. The van der Waals surface area contributed by atoms with Gasteiger partial charge in [-0.2, -0.15) is 0 Å². The first-order chi connectivity index (χ1) is 17.4. The van der Waals surface area contributed by atoms with Crippen LogP contribution in [0.25, 0.3) is 11.1 Å². The predicted octanol–water partition coefficient (Wildman–Crippen LogP) is 3.79. The zero-order valence-corrected chi connectivity index (χ0v) is 21.6. The minimum Gasteiger partial charge on any atom is -0.496 e. The highest BCUT2D eigenvalue weighted by Gasteiger charge is 2.30. The molecule has 0 amide bonds. The van der Waals surface area contributed by atoms with Crippen LogP contribution in [0, 0.1) is 0 Å². The fourth-order valence-corrected chi connectivity index (χ4v) is 4.20. The summed E-state index contributed by atoms with van der Waals surface area (Å²) in [5.74, 6) is 0.911. The van der Waals surface area contributed by atoms with E-state index in [1.165, 1.54) is 0 Å². The van der Waals surface area contributed by atoms with E-state index in [9.17, 15) is 14.4 Å². The molecule has 3 aromatic carbocycles. The van der Waals surface area contributed by atoms with Crippen molar-refractivity contribution >= 4 is 17.3 Å². The van der Waals surface area contributed by atoms with Gasteiger partial charge in [0.1, 0.15) is 28.9 Å². The van der Waals surface area contributed by atoms with E-state index in [0.29, 0.717) is 36.7 Å². The van der Waals surface area contributed by atoms with E-state index < -0.39 is 22.9 Å². The van der Waals surface area contributed by atoms with Crippen LogP contribution in [-0.4, -0.2) is 45.9 Å². The Labute approximate surface area is 211 Å². The number of nitrogens with one attached hydrogen (secondary N) is 1. The van der Waals surface area contributed by atoms with Crippen molar-refractivity contribution in [2.45, 2.75) is 39.7 Å². The SMILES string of the molecule is CCCOC(=O)C(Cc1ccc(-c2c(OC)cccc2OC)cc1)Nc1c(N(CC)CC)c(=O)c1=O. The first-order valence-electron chi connectivity index (χ1n) is 12.2. The number of rotatable bonds is 13. The molecule has 0 saturated carbocycles. The summed E-state index contributed by atoms with van der Waals surface area (Å²) >= 11 is 0. The summed E-state index contributed by atoms with van der Waals surface area (Å²) in [5.41, 5.74) is 1.97. The van der Waals surface area contributed by atoms with Crippen LogP contribution in [0.3, 0.4) is 0 Å². The Hall–Kier alpha value is -3.81. The molecule has 0 saturated heterocycles. The number of methoxy groups -OCH3 is 2. The van der Waals surface area contributed by atoms with Crippen molar-refractivity contribution in [2.75, 3.05) is 44.1 Å². The second kappa shape index (κ2) is 12.2. The summed E-state index contributed by atoms with van der Waals surface area (Å²) in [6, 6.07) is 12.5. The molecule has 8 heteroatoms. The third-order valence-corrected chi connectivity index (χ3v) is 6.13. The molecule has 3 rings (SSSR count). The number of esters is 1. The average molecular weight is 495 g/mol. The van der Waals surface area contributed by atoms with E-state index >= 15 is 0 Å². The normalized spacial score (nSPS) is 11.7. The Morgan fingerprint density at radius 1 is 0.917 bits per heavy atom. The van der Waals surface area contributed by atoms with Gasteiger partial charge in [0.2, 0.25) is 0 Å². The lowest BCUT2D eigenvalue weighted by molar-refractivity contribution is -0.144. The Balaban J connectivity index is 1.89. The predicted molar refractivity (Wildman–Crippen MR) is 142 cm³/mol. The van der Waals surface area contributed by atoms with Crippen LogP contribution >= 0.6 is 0 Å². The molecule has 0 bridgehead atoms. The molecule has 8 nitrogen and oxygen atoms in total. The van der Waals surface area contributed by atoms with Crippen LogP contribution in [0.15, 0.2) is 52.1 Å². The van der Waals surface area contributed by atoms with E-state index in [2.05, 4.69) is 5.32 Å². The topological polar surface area (TPSA) is 94.2 Å². The highest BCUT2D eigenvalue weighted by Crippen LogP contribution is 2.38. The third kappa shape index (κ3) is 5.53. The highest BCUT2D eigenvalue weighted by molar-refractivity contribution is 5.84. The van der Waals surface area contributed by atoms with Gasteiger partial charge in [0, 0.05) is 19.5 Å². The fourth-order valence-electron chi connectivity index (χ4n) is 4.20. The smallest absolute Gasteiger partial charge is 0.328 e. The van der Waals surface area contributed by atoms with Crippen molar-refractivity contribution in [1.82, 2.24) is 0 Å². The van der Waals surface area contributed by atoms with Gasteiger partial charge in [-0.15, -0.1) is 0 Å². The number of ether oxygens (including phenoxy) is 3. The van der Waals surface area contributed by atoms with Crippen LogP contribution in [-0.2, 0) is 16.0 Å². The van der Waals surface area contributed by atoms with Crippen LogP contribution in [0.2, 0.25) is 0 Å².